The maximum absolute atomic E-state index is 13.1. The Morgan fingerprint density at radius 1 is 1.30 bits per heavy atom. The lowest BCUT2D eigenvalue weighted by Crippen LogP contribution is -2.41. The van der Waals surface area contributed by atoms with Crippen LogP contribution in [0.25, 0.3) is 0 Å². The molecule has 0 heterocycles. The Hall–Kier alpha value is -2.11. The van der Waals surface area contributed by atoms with E-state index in [2.05, 4.69) is 5.32 Å². The van der Waals surface area contributed by atoms with E-state index in [1.807, 2.05) is 20.8 Å². The summed E-state index contributed by atoms with van der Waals surface area (Å²) in [4.78, 5) is 24.6. The zero-order chi connectivity index (χ0) is 15.4. The van der Waals surface area contributed by atoms with E-state index in [0.717, 1.165) is 12.1 Å². The summed E-state index contributed by atoms with van der Waals surface area (Å²) in [6.45, 7) is 5.86. The molecular formula is C14H19FN2O3. The lowest BCUT2D eigenvalue weighted by Gasteiger charge is -2.28. The Kier molecular flexibility index (Phi) is 5.07. The van der Waals surface area contributed by atoms with Crippen LogP contribution in [-0.2, 0) is 0 Å². The maximum atomic E-state index is 13.1. The van der Waals surface area contributed by atoms with Gasteiger partial charge in [0.25, 0.3) is 0 Å². The normalized spacial score (nSPS) is 12.1. The number of rotatable bonds is 4. The van der Waals surface area contributed by atoms with Gasteiger partial charge < -0.3 is 15.3 Å². The number of nitrogens with zero attached hydrogens (tertiary/aromatic N) is 1. The third-order valence-corrected chi connectivity index (χ3v) is 3.35. The first kappa shape index (κ1) is 15.9. The van der Waals surface area contributed by atoms with Gasteiger partial charge >= 0.3 is 12.0 Å². The molecular weight excluding hydrogens is 263 g/mol. The molecule has 0 bridgehead atoms. The third kappa shape index (κ3) is 3.69. The van der Waals surface area contributed by atoms with Gasteiger partial charge in [0.15, 0.2) is 0 Å². The van der Waals surface area contributed by atoms with Crippen molar-refractivity contribution in [2.75, 3.05) is 12.4 Å². The lowest BCUT2D eigenvalue weighted by atomic mass is 10.1. The second-order valence-corrected chi connectivity index (χ2v) is 5.02. The zero-order valence-corrected chi connectivity index (χ0v) is 12.0. The zero-order valence-electron chi connectivity index (χ0n) is 12.0. The average molecular weight is 282 g/mol. The largest absolute Gasteiger partial charge is 0.478 e. The molecule has 110 valence electrons. The van der Waals surface area contributed by atoms with Crippen LogP contribution in [0.15, 0.2) is 18.2 Å². The summed E-state index contributed by atoms with van der Waals surface area (Å²) in [6.07, 6.45) is 0. The van der Waals surface area contributed by atoms with E-state index in [1.165, 1.54) is 11.0 Å². The SMILES string of the molecule is CC(C)C(C)N(C)C(=O)Nc1ccc(F)cc1C(=O)O. The number of aromatic carboxylic acids is 1. The summed E-state index contributed by atoms with van der Waals surface area (Å²) in [6, 6.07) is 2.78. The smallest absolute Gasteiger partial charge is 0.337 e. The molecule has 1 aromatic carbocycles. The lowest BCUT2D eigenvalue weighted by molar-refractivity contribution is 0.0697. The number of anilines is 1. The molecule has 5 nitrogen and oxygen atoms in total. The minimum atomic E-state index is -1.29. The maximum Gasteiger partial charge on any atom is 0.337 e. The Bertz CT molecular complexity index is 517. The summed E-state index contributed by atoms with van der Waals surface area (Å²) in [5, 5.41) is 11.5. The van der Waals surface area contributed by atoms with E-state index in [1.54, 1.807) is 7.05 Å². The van der Waals surface area contributed by atoms with Crippen LogP contribution in [0.5, 0.6) is 0 Å². The molecule has 0 saturated heterocycles. The first-order valence-corrected chi connectivity index (χ1v) is 6.30. The molecule has 0 aliphatic heterocycles. The first-order chi connectivity index (χ1) is 9.23. The standard InChI is InChI=1S/C14H19FN2O3/c1-8(2)9(3)17(4)14(20)16-12-6-5-10(15)7-11(12)13(18)19/h5-9H,1-4H3,(H,16,20)(H,18,19). The number of benzene rings is 1. The van der Waals surface area contributed by atoms with Crippen LogP contribution in [-0.4, -0.2) is 35.1 Å². The third-order valence-electron chi connectivity index (χ3n) is 3.35. The van der Waals surface area contributed by atoms with Crippen LogP contribution < -0.4 is 5.32 Å². The molecule has 1 unspecified atom stereocenters. The van der Waals surface area contributed by atoms with Crippen molar-refractivity contribution >= 4 is 17.7 Å². The van der Waals surface area contributed by atoms with Gasteiger partial charge in [-0.25, -0.2) is 14.0 Å². The molecule has 2 amide bonds. The van der Waals surface area contributed by atoms with Crippen molar-refractivity contribution in [2.45, 2.75) is 26.8 Å². The van der Waals surface area contributed by atoms with E-state index in [0.29, 0.717) is 0 Å². The van der Waals surface area contributed by atoms with Gasteiger partial charge in [0.1, 0.15) is 5.82 Å². The molecule has 0 aliphatic rings. The van der Waals surface area contributed by atoms with Gasteiger partial charge in [-0.05, 0) is 31.0 Å². The number of carboxylic acids is 1. The summed E-state index contributed by atoms with van der Waals surface area (Å²) in [5.41, 5.74) is -0.198. The molecule has 1 aromatic rings. The van der Waals surface area contributed by atoms with Gasteiger partial charge in [-0.3, -0.25) is 0 Å². The predicted molar refractivity (Wildman–Crippen MR) is 74.4 cm³/mol. The summed E-state index contributed by atoms with van der Waals surface area (Å²) < 4.78 is 13.1. The Morgan fingerprint density at radius 3 is 2.40 bits per heavy atom. The fourth-order valence-corrected chi connectivity index (χ4v) is 1.64. The van der Waals surface area contributed by atoms with Crippen LogP contribution in [0.1, 0.15) is 31.1 Å². The number of carboxylic acid groups (broad SMARTS) is 1. The van der Waals surface area contributed by atoms with Gasteiger partial charge in [0.05, 0.1) is 11.3 Å². The van der Waals surface area contributed by atoms with Crippen LogP contribution >= 0.6 is 0 Å². The Balaban J connectivity index is 2.94. The van der Waals surface area contributed by atoms with Crippen molar-refractivity contribution in [3.05, 3.63) is 29.6 Å². The highest BCUT2D eigenvalue weighted by Crippen LogP contribution is 2.18. The summed E-state index contributed by atoms with van der Waals surface area (Å²) >= 11 is 0. The van der Waals surface area contributed by atoms with E-state index < -0.39 is 17.8 Å². The number of urea groups is 1. The number of nitrogens with one attached hydrogen (secondary N) is 1. The Labute approximate surface area is 117 Å². The summed E-state index contributed by atoms with van der Waals surface area (Å²) in [7, 11) is 1.63. The minimum Gasteiger partial charge on any atom is -0.478 e. The summed E-state index contributed by atoms with van der Waals surface area (Å²) in [5.74, 6) is -1.69. The molecule has 1 rings (SSSR count). The molecule has 0 radical (unpaired) electrons. The number of halogens is 1. The van der Waals surface area contributed by atoms with Crippen LogP contribution in [0.3, 0.4) is 0 Å². The number of hydrogen-bond acceptors (Lipinski definition) is 2. The molecule has 0 aliphatic carbocycles. The average Bonchev–Trinajstić information content (AvgIpc) is 2.38. The number of carbonyl (C=O) groups is 2. The van der Waals surface area contributed by atoms with E-state index >= 15 is 0 Å². The molecule has 0 spiro atoms. The van der Waals surface area contributed by atoms with Gasteiger partial charge in [0, 0.05) is 13.1 Å². The van der Waals surface area contributed by atoms with E-state index in [4.69, 9.17) is 5.11 Å². The molecule has 2 N–H and O–H groups in total. The van der Waals surface area contributed by atoms with Crippen LogP contribution in [0.2, 0.25) is 0 Å². The van der Waals surface area contributed by atoms with Crippen molar-refractivity contribution in [1.82, 2.24) is 4.90 Å². The molecule has 20 heavy (non-hydrogen) atoms. The molecule has 0 aromatic heterocycles. The monoisotopic (exact) mass is 282 g/mol. The number of carbonyl (C=O) groups excluding carboxylic acids is 1. The second-order valence-electron chi connectivity index (χ2n) is 5.02. The number of amides is 2. The van der Waals surface area contributed by atoms with Crippen molar-refractivity contribution in [1.29, 1.82) is 0 Å². The topological polar surface area (TPSA) is 69.6 Å². The molecule has 0 fully saturated rings. The second kappa shape index (κ2) is 6.36. The van der Waals surface area contributed by atoms with E-state index in [-0.39, 0.29) is 23.2 Å². The first-order valence-electron chi connectivity index (χ1n) is 6.30. The van der Waals surface area contributed by atoms with Crippen LogP contribution in [0, 0.1) is 11.7 Å². The van der Waals surface area contributed by atoms with Gasteiger partial charge in [-0.1, -0.05) is 13.8 Å². The fraction of sp³-hybridized carbons (Fsp3) is 0.429. The van der Waals surface area contributed by atoms with Crippen molar-refractivity contribution in [3.8, 4) is 0 Å². The van der Waals surface area contributed by atoms with E-state index in [9.17, 15) is 14.0 Å². The van der Waals surface area contributed by atoms with Gasteiger partial charge in [0.2, 0.25) is 0 Å². The quantitative estimate of drug-likeness (QED) is 0.891. The van der Waals surface area contributed by atoms with Gasteiger partial charge in [-0.2, -0.15) is 0 Å². The highest BCUT2D eigenvalue weighted by atomic mass is 19.1. The molecule has 1 atom stereocenters. The highest BCUT2D eigenvalue weighted by molar-refractivity contribution is 6.00. The van der Waals surface area contributed by atoms with Crippen molar-refractivity contribution < 1.29 is 19.1 Å². The highest BCUT2D eigenvalue weighted by Gasteiger charge is 2.20. The van der Waals surface area contributed by atoms with Crippen molar-refractivity contribution in [2.24, 2.45) is 5.92 Å². The van der Waals surface area contributed by atoms with Crippen molar-refractivity contribution in [3.63, 3.8) is 0 Å². The predicted octanol–water partition coefficient (Wildman–Crippen LogP) is 3.03. The Morgan fingerprint density at radius 2 is 1.90 bits per heavy atom. The molecule has 0 saturated carbocycles. The number of hydrogen-bond donors (Lipinski definition) is 2. The molecule has 6 heteroatoms. The fourth-order valence-electron chi connectivity index (χ4n) is 1.64. The van der Waals surface area contributed by atoms with Gasteiger partial charge in [-0.15, -0.1) is 0 Å². The minimum absolute atomic E-state index is 0.0104. The van der Waals surface area contributed by atoms with Crippen LogP contribution in [0.4, 0.5) is 14.9 Å².